The lowest BCUT2D eigenvalue weighted by Gasteiger charge is -2.28. The first-order valence-electron chi connectivity index (χ1n) is 8.71. The van der Waals surface area contributed by atoms with Crippen LogP contribution in [-0.4, -0.2) is 52.5 Å². The summed E-state index contributed by atoms with van der Waals surface area (Å²) in [7, 11) is 1.58. The fraction of sp³-hybridized carbons (Fsp3) is 0.579. The van der Waals surface area contributed by atoms with E-state index in [0.29, 0.717) is 12.3 Å². The molecule has 1 amide bonds. The molecule has 25 heavy (non-hydrogen) atoms. The number of nitrogens with zero attached hydrogens (tertiary/aromatic N) is 2. The van der Waals surface area contributed by atoms with Crippen molar-refractivity contribution in [3.05, 3.63) is 29.5 Å². The molecule has 0 aliphatic carbocycles. The van der Waals surface area contributed by atoms with Crippen LogP contribution in [0.2, 0.25) is 0 Å². The van der Waals surface area contributed by atoms with Crippen LogP contribution in [-0.2, 0) is 11.2 Å². The number of hydrogen-bond acceptors (Lipinski definition) is 5. The second-order valence-corrected chi connectivity index (χ2v) is 7.53. The van der Waals surface area contributed by atoms with Gasteiger partial charge in [-0.1, -0.05) is 6.08 Å². The lowest BCUT2D eigenvalue weighted by atomic mass is 9.91. The Morgan fingerprint density at radius 1 is 1.40 bits per heavy atom. The third kappa shape index (κ3) is 3.49. The summed E-state index contributed by atoms with van der Waals surface area (Å²) in [5, 5.41) is 9.39. The molecule has 1 aromatic rings. The summed E-state index contributed by atoms with van der Waals surface area (Å²) in [5.41, 5.74) is 2.55. The molecule has 2 bridgehead atoms. The zero-order valence-electron chi connectivity index (χ0n) is 15.3. The fourth-order valence-corrected chi connectivity index (χ4v) is 3.65. The highest BCUT2D eigenvalue weighted by molar-refractivity contribution is 5.82. The van der Waals surface area contributed by atoms with Gasteiger partial charge in [-0.15, -0.1) is 0 Å². The summed E-state index contributed by atoms with van der Waals surface area (Å²) in [5.74, 6) is 0.528. The first kappa shape index (κ1) is 17.7. The monoisotopic (exact) mass is 346 g/mol. The van der Waals surface area contributed by atoms with Crippen LogP contribution in [0.4, 0.5) is 4.79 Å². The maximum absolute atomic E-state index is 12.6. The molecule has 136 valence electrons. The summed E-state index contributed by atoms with van der Waals surface area (Å²) in [4.78, 5) is 18.8. The van der Waals surface area contributed by atoms with Crippen LogP contribution in [0.1, 0.15) is 44.7 Å². The quantitative estimate of drug-likeness (QED) is 0.908. The van der Waals surface area contributed by atoms with Crippen LogP contribution < -0.4 is 4.74 Å². The number of fused-ring (bicyclic) bond motifs is 2. The van der Waals surface area contributed by atoms with Crippen molar-refractivity contribution in [2.45, 2.75) is 57.7 Å². The molecule has 0 radical (unpaired) electrons. The van der Waals surface area contributed by atoms with E-state index in [1.54, 1.807) is 13.3 Å². The highest BCUT2D eigenvalue weighted by Gasteiger charge is 2.45. The standard InChI is InChI=1S/C19H26N2O4/c1-19(2,3)25-18(23)21-13-5-6-16(21)14(10-13)15-11-20-17(24-4)9-12(15)7-8-22/h9-11,13,16,22H,5-8H2,1-4H3/t13-,16+/m0/s1. The average Bonchev–Trinajstić information content (AvgIpc) is 3.11. The number of pyridine rings is 1. The normalized spacial score (nSPS) is 22.1. The van der Waals surface area contributed by atoms with Crippen LogP contribution in [0.3, 0.4) is 0 Å². The Kier molecular flexibility index (Phi) is 4.73. The summed E-state index contributed by atoms with van der Waals surface area (Å²) < 4.78 is 10.8. The van der Waals surface area contributed by atoms with Gasteiger partial charge < -0.3 is 14.6 Å². The van der Waals surface area contributed by atoms with Crippen molar-refractivity contribution in [1.82, 2.24) is 9.88 Å². The van der Waals surface area contributed by atoms with Gasteiger partial charge in [0.2, 0.25) is 5.88 Å². The zero-order valence-corrected chi connectivity index (χ0v) is 15.3. The molecule has 6 nitrogen and oxygen atoms in total. The van der Waals surface area contributed by atoms with Crippen LogP contribution in [0.15, 0.2) is 18.3 Å². The van der Waals surface area contributed by atoms with Gasteiger partial charge in [-0.3, -0.25) is 4.90 Å². The number of aliphatic hydroxyl groups is 1. The van der Waals surface area contributed by atoms with Crippen LogP contribution in [0.5, 0.6) is 5.88 Å². The number of rotatable bonds is 4. The van der Waals surface area contributed by atoms with Gasteiger partial charge in [0.1, 0.15) is 5.60 Å². The Balaban J connectivity index is 1.88. The maximum atomic E-state index is 12.6. The SMILES string of the molecule is COc1cc(CCO)c(C2=C[C@@H]3CC[C@H]2N3C(=O)OC(C)(C)C)cn1. The second kappa shape index (κ2) is 6.67. The third-order valence-electron chi connectivity index (χ3n) is 4.63. The van der Waals surface area contributed by atoms with Gasteiger partial charge in [-0.25, -0.2) is 9.78 Å². The molecule has 1 N–H and O–H groups in total. The van der Waals surface area contributed by atoms with Gasteiger partial charge in [-0.05, 0) is 51.2 Å². The summed E-state index contributed by atoms with van der Waals surface area (Å²) in [6.07, 6.45) is 6.05. The van der Waals surface area contributed by atoms with Crippen LogP contribution in [0, 0.1) is 0 Å². The second-order valence-electron chi connectivity index (χ2n) is 7.53. The zero-order chi connectivity index (χ0) is 18.2. The predicted octanol–water partition coefficient (Wildman–Crippen LogP) is 2.79. The lowest BCUT2D eigenvalue weighted by Crippen LogP contribution is -2.40. The van der Waals surface area contributed by atoms with Crippen molar-refractivity contribution >= 4 is 11.7 Å². The number of carbonyl (C=O) groups is 1. The molecule has 0 spiro atoms. The summed E-state index contributed by atoms with van der Waals surface area (Å²) in [6, 6.07) is 1.93. The molecule has 1 saturated heterocycles. The molecule has 0 saturated carbocycles. The first-order valence-corrected chi connectivity index (χ1v) is 8.71. The van der Waals surface area contributed by atoms with E-state index < -0.39 is 5.60 Å². The summed E-state index contributed by atoms with van der Waals surface area (Å²) >= 11 is 0. The van der Waals surface area contributed by atoms with E-state index in [0.717, 1.165) is 29.5 Å². The van der Waals surface area contributed by atoms with Crippen LogP contribution >= 0.6 is 0 Å². The maximum Gasteiger partial charge on any atom is 0.411 e. The topological polar surface area (TPSA) is 71.9 Å². The van der Waals surface area contributed by atoms with Gasteiger partial charge in [0.25, 0.3) is 0 Å². The number of aromatic nitrogens is 1. The van der Waals surface area contributed by atoms with Crippen molar-refractivity contribution in [2.24, 2.45) is 0 Å². The van der Waals surface area contributed by atoms with Gasteiger partial charge in [-0.2, -0.15) is 0 Å². The Labute approximate surface area is 148 Å². The molecule has 0 unspecified atom stereocenters. The van der Waals surface area contributed by atoms with E-state index >= 15 is 0 Å². The van der Waals surface area contributed by atoms with Gasteiger partial charge in [0.15, 0.2) is 0 Å². The van der Waals surface area contributed by atoms with E-state index in [9.17, 15) is 9.90 Å². The van der Waals surface area contributed by atoms with Crippen molar-refractivity contribution in [2.75, 3.05) is 13.7 Å². The molecule has 2 aliphatic heterocycles. The molecule has 2 atom stereocenters. The third-order valence-corrected chi connectivity index (χ3v) is 4.63. The minimum atomic E-state index is -0.511. The smallest absolute Gasteiger partial charge is 0.411 e. The number of ether oxygens (including phenoxy) is 2. The predicted molar refractivity (Wildman–Crippen MR) is 94.4 cm³/mol. The molecule has 1 aromatic heterocycles. The van der Waals surface area contributed by atoms with E-state index in [1.165, 1.54) is 0 Å². The Bertz CT molecular complexity index is 693. The number of amides is 1. The Morgan fingerprint density at radius 3 is 2.80 bits per heavy atom. The number of aliphatic hydroxyl groups excluding tert-OH is 1. The molecule has 2 aliphatic rings. The Hall–Kier alpha value is -2.08. The average molecular weight is 346 g/mol. The van der Waals surface area contributed by atoms with E-state index in [1.807, 2.05) is 31.7 Å². The largest absolute Gasteiger partial charge is 0.481 e. The van der Waals surface area contributed by atoms with E-state index in [2.05, 4.69) is 11.1 Å². The van der Waals surface area contributed by atoms with E-state index in [4.69, 9.17) is 9.47 Å². The number of hydrogen-bond donors (Lipinski definition) is 1. The fourth-order valence-electron chi connectivity index (χ4n) is 3.65. The Morgan fingerprint density at radius 2 is 2.16 bits per heavy atom. The van der Waals surface area contributed by atoms with Gasteiger partial charge in [0, 0.05) is 24.4 Å². The van der Waals surface area contributed by atoms with Crippen molar-refractivity contribution in [3.8, 4) is 5.88 Å². The molecule has 3 rings (SSSR count). The van der Waals surface area contributed by atoms with Gasteiger partial charge >= 0.3 is 6.09 Å². The summed E-state index contributed by atoms with van der Waals surface area (Å²) in [6.45, 7) is 5.69. The van der Waals surface area contributed by atoms with E-state index in [-0.39, 0.29) is 24.8 Å². The minimum Gasteiger partial charge on any atom is -0.481 e. The molecular weight excluding hydrogens is 320 g/mol. The van der Waals surface area contributed by atoms with Crippen molar-refractivity contribution in [3.63, 3.8) is 0 Å². The van der Waals surface area contributed by atoms with Crippen molar-refractivity contribution < 1.29 is 19.4 Å². The molecule has 3 heterocycles. The lowest BCUT2D eigenvalue weighted by molar-refractivity contribution is 0.0235. The van der Waals surface area contributed by atoms with Crippen LogP contribution in [0.25, 0.3) is 5.57 Å². The molecule has 0 aromatic carbocycles. The minimum absolute atomic E-state index is 0.00693. The van der Waals surface area contributed by atoms with Gasteiger partial charge in [0.05, 0.1) is 19.2 Å². The first-order chi connectivity index (χ1) is 11.8. The molecule has 1 fully saturated rings. The highest BCUT2D eigenvalue weighted by atomic mass is 16.6. The molecular formula is C19H26N2O4. The highest BCUT2D eigenvalue weighted by Crippen LogP contribution is 2.43. The molecule has 6 heteroatoms. The van der Waals surface area contributed by atoms with Crippen molar-refractivity contribution in [1.29, 1.82) is 0 Å². The number of methoxy groups -OCH3 is 1. The number of carbonyl (C=O) groups excluding carboxylic acids is 1.